The SMILES string of the molecule is Cc1nn(Cc2cccc3ccccc23)c(C)c1NC(=O)CCn1nccc1C(=O)O. The number of amides is 1. The van der Waals surface area contributed by atoms with Crippen molar-refractivity contribution in [2.75, 3.05) is 5.32 Å². The Morgan fingerprint density at radius 3 is 2.61 bits per heavy atom. The van der Waals surface area contributed by atoms with E-state index in [0.29, 0.717) is 12.2 Å². The number of carbonyl (C=O) groups excluding carboxylic acids is 1. The first kappa shape index (κ1) is 20.3. The number of benzene rings is 2. The van der Waals surface area contributed by atoms with Gasteiger partial charge in [0.2, 0.25) is 5.91 Å². The molecule has 31 heavy (non-hydrogen) atoms. The smallest absolute Gasteiger partial charge is 0.354 e. The van der Waals surface area contributed by atoms with Gasteiger partial charge < -0.3 is 10.4 Å². The van der Waals surface area contributed by atoms with Crippen LogP contribution in [0.5, 0.6) is 0 Å². The molecule has 0 unspecified atom stereocenters. The van der Waals surface area contributed by atoms with E-state index >= 15 is 0 Å². The van der Waals surface area contributed by atoms with E-state index < -0.39 is 5.97 Å². The molecule has 2 aromatic carbocycles. The summed E-state index contributed by atoms with van der Waals surface area (Å²) in [6.45, 7) is 4.57. The number of hydrogen-bond donors (Lipinski definition) is 2. The molecule has 0 bridgehead atoms. The predicted octanol–water partition coefficient (Wildman–Crippen LogP) is 3.62. The number of carboxylic acids is 1. The molecule has 158 valence electrons. The van der Waals surface area contributed by atoms with Gasteiger partial charge in [-0.05, 0) is 36.2 Å². The van der Waals surface area contributed by atoms with Gasteiger partial charge in [-0.1, -0.05) is 42.5 Å². The van der Waals surface area contributed by atoms with Crippen molar-refractivity contribution in [1.29, 1.82) is 0 Å². The molecule has 0 saturated carbocycles. The minimum Gasteiger partial charge on any atom is -0.477 e. The molecule has 8 heteroatoms. The van der Waals surface area contributed by atoms with Crippen LogP contribution in [0.3, 0.4) is 0 Å². The summed E-state index contributed by atoms with van der Waals surface area (Å²) in [7, 11) is 0. The molecular weight excluding hydrogens is 394 g/mol. The highest BCUT2D eigenvalue weighted by Gasteiger charge is 2.16. The number of aryl methyl sites for hydroxylation is 2. The van der Waals surface area contributed by atoms with Crippen LogP contribution in [0, 0.1) is 13.8 Å². The Hall–Kier alpha value is -3.94. The lowest BCUT2D eigenvalue weighted by Crippen LogP contribution is -2.18. The molecule has 0 aliphatic rings. The Labute approximate surface area is 179 Å². The van der Waals surface area contributed by atoms with Gasteiger partial charge in [-0.3, -0.25) is 14.2 Å². The van der Waals surface area contributed by atoms with Crippen molar-refractivity contribution in [3.8, 4) is 0 Å². The lowest BCUT2D eigenvalue weighted by Gasteiger charge is -2.10. The highest BCUT2D eigenvalue weighted by atomic mass is 16.4. The van der Waals surface area contributed by atoms with Crippen LogP contribution in [-0.2, 0) is 17.9 Å². The van der Waals surface area contributed by atoms with Crippen LogP contribution < -0.4 is 5.32 Å². The van der Waals surface area contributed by atoms with Crippen molar-refractivity contribution in [3.05, 3.63) is 77.4 Å². The molecule has 0 fully saturated rings. The summed E-state index contributed by atoms with van der Waals surface area (Å²) in [6.07, 6.45) is 1.52. The summed E-state index contributed by atoms with van der Waals surface area (Å²) in [4.78, 5) is 23.7. The van der Waals surface area contributed by atoms with E-state index in [1.807, 2.05) is 36.7 Å². The molecule has 0 radical (unpaired) electrons. The van der Waals surface area contributed by atoms with Crippen LogP contribution in [0.15, 0.2) is 54.7 Å². The number of carboxylic acid groups (broad SMARTS) is 1. The number of rotatable bonds is 7. The van der Waals surface area contributed by atoms with Crippen molar-refractivity contribution in [1.82, 2.24) is 19.6 Å². The van der Waals surface area contributed by atoms with Crippen molar-refractivity contribution < 1.29 is 14.7 Å². The van der Waals surface area contributed by atoms with Crippen LogP contribution in [0.2, 0.25) is 0 Å². The van der Waals surface area contributed by atoms with Gasteiger partial charge in [0.05, 0.1) is 30.2 Å². The monoisotopic (exact) mass is 417 g/mol. The molecule has 0 atom stereocenters. The number of nitrogens with one attached hydrogen (secondary N) is 1. The van der Waals surface area contributed by atoms with Crippen LogP contribution in [0.25, 0.3) is 10.8 Å². The van der Waals surface area contributed by atoms with Gasteiger partial charge in [0, 0.05) is 12.6 Å². The third-order valence-corrected chi connectivity index (χ3v) is 5.33. The number of nitrogens with zero attached hydrogens (tertiary/aromatic N) is 4. The van der Waals surface area contributed by atoms with Crippen molar-refractivity contribution in [3.63, 3.8) is 0 Å². The van der Waals surface area contributed by atoms with Crippen molar-refractivity contribution >= 4 is 28.3 Å². The van der Waals surface area contributed by atoms with Gasteiger partial charge in [0.25, 0.3) is 0 Å². The standard InChI is InChI=1S/C23H23N5O3/c1-15-22(25-21(29)11-13-27-20(23(30)31)10-12-24-27)16(2)28(26-15)14-18-8-5-7-17-6-3-4-9-19(17)18/h3-10,12H,11,13-14H2,1-2H3,(H,25,29)(H,30,31). The second-order valence-corrected chi connectivity index (χ2v) is 7.38. The third-order valence-electron chi connectivity index (χ3n) is 5.33. The van der Waals surface area contributed by atoms with E-state index in [0.717, 1.165) is 17.0 Å². The Balaban J connectivity index is 1.48. The first-order valence-electron chi connectivity index (χ1n) is 9.99. The van der Waals surface area contributed by atoms with E-state index in [-0.39, 0.29) is 24.6 Å². The van der Waals surface area contributed by atoms with Gasteiger partial charge in [-0.25, -0.2) is 4.79 Å². The molecule has 4 rings (SSSR count). The number of carbonyl (C=O) groups is 2. The molecule has 8 nitrogen and oxygen atoms in total. The molecule has 0 saturated heterocycles. The second kappa shape index (κ2) is 8.43. The first-order valence-corrected chi connectivity index (χ1v) is 9.99. The predicted molar refractivity (Wildman–Crippen MR) is 117 cm³/mol. The fourth-order valence-electron chi connectivity index (χ4n) is 3.73. The van der Waals surface area contributed by atoms with Crippen LogP contribution >= 0.6 is 0 Å². The highest BCUT2D eigenvalue weighted by Crippen LogP contribution is 2.24. The van der Waals surface area contributed by atoms with Crippen molar-refractivity contribution in [2.45, 2.75) is 33.4 Å². The number of anilines is 1. The van der Waals surface area contributed by atoms with Crippen LogP contribution in [0.4, 0.5) is 5.69 Å². The highest BCUT2D eigenvalue weighted by molar-refractivity contribution is 5.92. The molecule has 1 amide bonds. The number of aromatic nitrogens is 4. The number of fused-ring (bicyclic) bond motifs is 1. The average Bonchev–Trinajstić information content (AvgIpc) is 3.33. The van der Waals surface area contributed by atoms with Gasteiger partial charge in [-0.2, -0.15) is 10.2 Å². The number of aromatic carboxylic acids is 1. The summed E-state index contributed by atoms with van der Waals surface area (Å²) in [5.74, 6) is -1.29. The minimum absolute atomic E-state index is 0.0584. The average molecular weight is 417 g/mol. The topological polar surface area (TPSA) is 102 Å². The fourth-order valence-corrected chi connectivity index (χ4v) is 3.73. The van der Waals surface area contributed by atoms with E-state index in [4.69, 9.17) is 5.11 Å². The van der Waals surface area contributed by atoms with Gasteiger partial charge >= 0.3 is 5.97 Å². The Kier molecular flexibility index (Phi) is 5.53. The summed E-state index contributed by atoms with van der Waals surface area (Å²) in [5.41, 5.74) is 3.49. The minimum atomic E-state index is -1.07. The zero-order chi connectivity index (χ0) is 22.0. The lowest BCUT2D eigenvalue weighted by molar-refractivity contribution is -0.116. The fraction of sp³-hybridized carbons (Fsp3) is 0.217. The van der Waals surface area contributed by atoms with Crippen LogP contribution in [-0.4, -0.2) is 36.5 Å². The quantitative estimate of drug-likeness (QED) is 0.478. The zero-order valence-corrected chi connectivity index (χ0v) is 17.4. The van der Waals surface area contributed by atoms with E-state index in [9.17, 15) is 9.59 Å². The second-order valence-electron chi connectivity index (χ2n) is 7.38. The maximum atomic E-state index is 12.5. The molecular formula is C23H23N5O3. The summed E-state index contributed by atoms with van der Waals surface area (Å²) < 4.78 is 3.20. The van der Waals surface area contributed by atoms with Crippen LogP contribution in [0.1, 0.15) is 33.9 Å². The summed E-state index contributed by atoms with van der Waals surface area (Å²) in [5, 5.41) is 23.0. The molecule has 2 N–H and O–H groups in total. The summed E-state index contributed by atoms with van der Waals surface area (Å²) >= 11 is 0. The first-order chi connectivity index (χ1) is 14.9. The Morgan fingerprint density at radius 2 is 1.81 bits per heavy atom. The maximum Gasteiger partial charge on any atom is 0.354 e. The Bertz CT molecular complexity index is 1270. The van der Waals surface area contributed by atoms with Gasteiger partial charge in [0.15, 0.2) is 0 Å². The molecule has 0 aliphatic carbocycles. The largest absolute Gasteiger partial charge is 0.477 e. The maximum absolute atomic E-state index is 12.5. The molecule has 0 aliphatic heterocycles. The van der Waals surface area contributed by atoms with Gasteiger partial charge in [0.1, 0.15) is 5.69 Å². The Morgan fingerprint density at radius 1 is 1.03 bits per heavy atom. The molecule has 4 aromatic rings. The van der Waals surface area contributed by atoms with Gasteiger partial charge in [-0.15, -0.1) is 0 Å². The van der Waals surface area contributed by atoms with E-state index in [2.05, 4.69) is 39.8 Å². The number of hydrogen-bond acceptors (Lipinski definition) is 4. The lowest BCUT2D eigenvalue weighted by atomic mass is 10.0. The normalized spacial score (nSPS) is 11.0. The molecule has 2 heterocycles. The summed E-state index contributed by atoms with van der Waals surface area (Å²) in [6, 6.07) is 15.8. The third kappa shape index (κ3) is 4.18. The zero-order valence-electron chi connectivity index (χ0n) is 17.4. The van der Waals surface area contributed by atoms with E-state index in [1.165, 1.54) is 27.7 Å². The van der Waals surface area contributed by atoms with E-state index in [1.54, 1.807) is 0 Å². The molecule has 0 spiro atoms. The van der Waals surface area contributed by atoms with Crippen molar-refractivity contribution in [2.24, 2.45) is 0 Å². The molecule has 2 aromatic heterocycles.